The molecule has 0 spiro atoms. The zero-order valence-electron chi connectivity index (χ0n) is 11.5. The maximum atomic E-state index is 13.8. The molecule has 0 aromatic heterocycles. The van der Waals surface area contributed by atoms with E-state index in [0.29, 0.717) is 21.3 Å². The largest absolute Gasteiger partial charge is 0.378 e. The zero-order valence-corrected chi connectivity index (χ0v) is 13.1. The van der Waals surface area contributed by atoms with Crippen molar-refractivity contribution in [3.05, 3.63) is 62.9 Å². The van der Waals surface area contributed by atoms with Crippen molar-refractivity contribution < 1.29 is 4.39 Å². The highest BCUT2D eigenvalue weighted by Gasteiger charge is 2.12. The number of nitriles is 1. The van der Waals surface area contributed by atoms with Crippen LogP contribution in [0.1, 0.15) is 29.7 Å². The summed E-state index contributed by atoms with van der Waals surface area (Å²) in [5, 5.41) is 13.1. The second-order valence-corrected chi connectivity index (χ2v) is 5.60. The summed E-state index contributed by atoms with van der Waals surface area (Å²) in [6, 6.07) is 10.0. The summed E-state index contributed by atoms with van der Waals surface area (Å²) < 4.78 is 13.8. The fourth-order valence-corrected chi connectivity index (χ4v) is 2.30. The van der Waals surface area contributed by atoms with Gasteiger partial charge in [0.15, 0.2) is 0 Å². The zero-order chi connectivity index (χ0) is 15.6. The highest BCUT2D eigenvalue weighted by molar-refractivity contribution is 6.42. The number of rotatable bonds is 3. The molecule has 1 N–H and O–H groups in total. The van der Waals surface area contributed by atoms with Gasteiger partial charge < -0.3 is 5.32 Å². The third-order valence-corrected chi connectivity index (χ3v) is 4.03. The quantitative estimate of drug-likeness (QED) is 0.811. The number of nitrogens with zero attached hydrogens (tertiary/aromatic N) is 1. The normalized spacial score (nSPS) is 11.8. The fourth-order valence-electron chi connectivity index (χ4n) is 1.99. The van der Waals surface area contributed by atoms with E-state index in [0.717, 1.165) is 5.56 Å². The highest BCUT2D eigenvalue weighted by atomic mass is 35.5. The second kappa shape index (κ2) is 6.34. The average molecular weight is 323 g/mol. The molecule has 0 aliphatic rings. The monoisotopic (exact) mass is 322 g/mol. The first-order chi connectivity index (χ1) is 9.92. The first-order valence-electron chi connectivity index (χ1n) is 6.34. The van der Waals surface area contributed by atoms with Gasteiger partial charge in [-0.1, -0.05) is 29.3 Å². The van der Waals surface area contributed by atoms with E-state index < -0.39 is 5.82 Å². The van der Waals surface area contributed by atoms with Crippen molar-refractivity contribution in [3.8, 4) is 6.07 Å². The lowest BCUT2D eigenvalue weighted by Crippen LogP contribution is -2.08. The van der Waals surface area contributed by atoms with Crippen molar-refractivity contribution in [2.24, 2.45) is 0 Å². The van der Waals surface area contributed by atoms with Gasteiger partial charge in [0.2, 0.25) is 0 Å². The number of halogens is 3. The van der Waals surface area contributed by atoms with Crippen LogP contribution in [0.3, 0.4) is 0 Å². The predicted molar refractivity (Wildman–Crippen MR) is 84.4 cm³/mol. The van der Waals surface area contributed by atoms with Gasteiger partial charge in [-0.2, -0.15) is 5.26 Å². The number of benzene rings is 2. The predicted octanol–water partition coefficient (Wildman–Crippen LogP) is 5.49. The molecule has 0 aliphatic carbocycles. The van der Waals surface area contributed by atoms with Gasteiger partial charge in [0.25, 0.3) is 0 Å². The molecule has 2 rings (SSSR count). The van der Waals surface area contributed by atoms with Crippen LogP contribution in [0.4, 0.5) is 10.1 Å². The molecule has 0 bridgehead atoms. The van der Waals surface area contributed by atoms with Crippen molar-refractivity contribution in [1.82, 2.24) is 0 Å². The van der Waals surface area contributed by atoms with Gasteiger partial charge in [0, 0.05) is 17.3 Å². The standard InChI is InChI=1S/C16H13Cl2FN2/c1-9-15(19)5-11(8-20)6-16(9)21-10(2)12-3-4-13(17)14(18)7-12/h3-7,10,21H,1-2H3. The Bertz CT molecular complexity index is 723. The lowest BCUT2D eigenvalue weighted by atomic mass is 10.1. The summed E-state index contributed by atoms with van der Waals surface area (Å²) in [6.45, 7) is 3.59. The maximum Gasteiger partial charge on any atom is 0.129 e. The third-order valence-electron chi connectivity index (χ3n) is 3.29. The Balaban J connectivity index is 2.31. The van der Waals surface area contributed by atoms with Crippen molar-refractivity contribution in [2.75, 3.05) is 5.32 Å². The molecule has 0 saturated heterocycles. The summed E-state index contributed by atoms with van der Waals surface area (Å²) in [5.74, 6) is -0.405. The Hall–Kier alpha value is -1.76. The third kappa shape index (κ3) is 3.47. The summed E-state index contributed by atoms with van der Waals surface area (Å²) in [5.41, 5.74) is 2.26. The number of hydrogen-bond acceptors (Lipinski definition) is 2. The van der Waals surface area contributed by atoms with Crippen LogP contribution in [0.2, 0.25) is 10.0 Å². The molecule has 1 atom stereocenters. The molecular weight excluding hydrogens is 310 g/mol. The lowest BCUT2D eigenvalue weighted by molar-refractivity contribution is 0.618. The number of hydrogen-bond donors (Lipinski definition) is 1. The molecular formula is C16H13Cl2FN2. The minimum absolute atomic E-state index is 0.105. The molecule has 108 valence electrons. The minimum atomic E-state index is -0.405. The maximum absolute atomic E-state index is 13.8. The molecule has 1 unspecified atom stereocenters. The smallest absolute Gasteiger partial charge is 0.129 e. The molecule has 5 heteroatoms. The topological polar surface area (TPSA) is 35.8 Å². The summed E-state index contributed by atoms with van der Waals surface area (Å²) in [7, 11) is 0. The summed E-state index contributed by atoms with van der Waals surface area (Å²) in [6.07, 6.45) is 0. The van der Waals surface area contributed by atoms with Crippen molar-refractivity contribution in [2.45, 2.75) is 19.9 Å². The second-order valence-electron chi connectivity index (χ2n) is 4.78. The van der Waals surface area contributed by atoms with Gasteiger partial charge in [-0.05, 0) is 43.7 Å². The van der Waals surface area contributed by atoms with E-state index in [1.807, 2.05) is 19.1 Å². The van der Waals surface area contributed by atoms with Gasteiger partial charge in [-0.25, -0.2) is 4.39 Å². The molecule has 2 aromatic carbocycles. The van der Waals surface area contributed by atoms with Crippen LogP contribution in [0, 0.1) is 24.1 Å². The molecule has 2 nitrogen and oxygen atoms in total. The molecule has 0 amide bonds. The van der Waals surface area contributed by atoms with Crippen LogP contribution in [0.5, 0.6) is 0 Å². The van der Waals surface area contributed by atoms with Gasteiger partial charge in [0.05, 0.1) is 21.7 Å². The van der Waals surface area contributed by atoms with Gasteiger partial charge in [-0.3, -0.25) is 0 Å². The van der Waals surface area contributed by atoms with Crippen molar-refractivity contribution in [3.63, 3.8) is 0 Å². The Morgan fingerprint density at radius 1 is 1.19 bits per heavy atom. The van der Waals surface area contributed by atoms with Crippen LogP contribution in [-0.2, 0) is 0 Å². The van der Waals surface area contributed by atoms with E-state index in [1.54, 1.807) is 25.1 Å². The van der Waals surface area contributed by atoms with Gasteiger partial charge >= 0.3 is 0 Å². The molecule has 0 saturated carbocycles. The van der Waals surface area contributed by atoms with E-state index in [9.17, 15) is 4.39 Å². The number of nitrogens with one attached hydrogen (secondary N) is 1. The Morgan fingerprint density at radius 2 is 1.90 bits per heavy atom. The molecule has 0 heterocycles. The Morgan fingerprint density at radius 3 is 2.52 bits per heavy atom. The lowest BCUT2D eigenvalue weighted by Gasteiger charge is -2.18. The van der Waals surface area contributed by atoms with E-state index >= 15 is 0 Å². The van der Waals surface area contributed by atoms with Crippen LogP contribution in [0.15, 0.2) is 30.3 Å². The SMILES string of the molecule is Cc1c(F)cc(C#N)cc1NC(C)c1ccc(Cl)c(Cl)c1. The molecule has 2 aromatic rings. The van der Waals surface area contributed by atoms with Crippen molar-refractivity contribution >= 4 is 28.9 Å². The Kier molecular flexibility index (Phi) is 4.72. The Labute approximate surface area is 133 Å². The highest BCUT2D eigenvalue weighted by Crippen LogP contribution is 2.29. The summed E-state index contributed by atoms with van der Waals surface area (Å²) >= 11 is 11.9. The van der Waals surface area contributed by atoms with Gasteiger partial charge in [-0.15, -0.1) is 0 Å². The number of anilines is 1. The molecule has 21 heavy (non-hydrogen) atoms. The van der Waals surface area contributed by atoms with E-state index in [1.165, 1.54) is 6.07 Å². The molecule has 0 aliphatic heterocycles. The van der Waals surface area contributed by atoms with Crippen LogP contribution in [-0.4, -0.2) is 0 Å². The van der Waals surface area contributed by atoms with Gasteiger partial charge in [0.1, 0.15) is 5.82 Å². The van der Waals surface area contributed by atoms with Crippen LogP contribution >= 0.6 is 23.2 Å². The summed E-state index contributed by atoms with van der Waals surface area (Å²) in [4.78, 5) is 0. The first-order valence-corrected chi connectivity index (χ1v) is 7.09. The molecule has 0 fully saturated rings. The van der Waals surface area contributed by atoms with E-state index in [-0.39, 0.29) is 11.6 Å². The molecule has 0 radical (unpaired) electrons. The van der Waals surface area contributed by atoms with Crippen LogP contribution < -0.4 is 5.32 Å². The fraction of sp³-hybridized carbons (Fsp3) is 0.188. The minimum Gasteiger partial charge on any atom is -0.378 e. The average Bonchev–Trinajstić information content (AvgIpc) is 2.46. The van der Waals surface area contributed by atoms with E-state index in [4.69, 9.17) is 28.5 Å². The van der Waals surface area contributed by atoms with Crippen molar-refractivity contribution in [1.29, 1.82) is 5.26 Å². The van der Waals surface area contributed by atoms with E-state index in [2.05, 4.69) is 5.32 Å². The first kappa shape index (κ1) is 15.6. The van der Waals surface area contributed by atoms with Crippen LogP contribution in [0.25, 0.3) is 0 Å².